The Balaban J connectivity index is 1.40. The highest BCUT2D eigenvalue weighted by Crippen LogP contribution is 2.57. The van der Waals surface area contributed by atoms with E-state index >= 15 is 0 Å². The molecule has 2 aromatic heterocycles. The molecule has 4 aliphatic rings. The van der Waals surface area contributed by atoms with Crippen LogP contribution in [0.15, 0.2) is 36.4 Å². The van der Waals surface area contributed by atoms with Gasteiger partial charge in [-0.25, -0.2) is 4.98 Å². The van der Waals surface area contributed by atoms with E-state index in [1.807, 2.05) is 50.2 Å². The molecule has 2 bridgehead atoms. The number of rotatable bonds is 5. The SMILES string of the molecule is CCNC(=O)C12CCC(c3nc(-c4ccc5c(c4)OCO5)c(-c4cccc(C)n4)[nH]3)(CC1)CC2. The first-order valence-electron chi connectivity index (χ1n) is 12.2. The molecule has 0 saturated heterocycles. The van der Waals surface area contributed by atoms with E-state index in [4.69, 9.17) is 19.4 Å². The molecule has 1 aliphatic heterocycles. The summed E-state index contributed by atoms with van der Waals surface area (Å²) in [6.07, 6.45) is 5.65. The van der Waals surface area contributed by atoms with Crippen LogP contribution in [0.5, 0.6) is 11.5 Å². The largest absolute Gasteiger partial charge is 0.454 e. The van der Waals surface area contributed by atoms with Gasteiger partial charge in [-0.05, 0) is 82.7 Å². The van der Waals surface area contributed by atoms with Crippen molar-refractivity contribution in [3.05, 3.63) is 47.9 Å². The van der Waals surface area contributed by atoms with Crippen LogP contribution in [0.3, 0.4) is 0 Å². The normalized spacial score (nSPS) is 24.9. The molecule has 7 nitrogen and oxygen atoms in total. The van der Waals surface area contributed by atoms with Crippen molar-refractivity contribution in [2.45, 2.75) is 57.8 Å². The summed E-state index contributed by atoms with van der Waals surface area (Å²) in [6, 6.07) is 12.0. The number of nitrogens with zero attached hydrogens (tertiary/aromatic N) is 2. The third-order valence-electron chi connectivity index (χ3n) is 8.06. The maximum Gasteiger partial charge on any atom is 0.231 e. The van der Waals surface area contributed by atoms with Gasteiger partial charge in [0.15, 0.2) is 11.5 Å². The van der Waals surface area contributed by atoms with Crippen LogP contribution in [-0.2, 0) is 10.2 Å². The molecule has 0 radical (unpaired) electrons. The Morgan fingerprint density at radius 2 is 1.79 bits per heavy atom. The number of aromatic nitrogens is 3. The molecule has 0 unspecified atom stereocenters. The molecule has 3 aliphatic carbocycles. The number of aromatic amines is 1. The highest BCUT2D eigenvalue weighted by Gasteiger charge is 2.54. The van der Waals surface area contributed by atoms with Gasteiger partial charge in [0, 0.05) is 28.6 Å². The number of imidazole rings is 1. The fourth-order valence-corrected chi connectivity index (χ4v) is 5.97. The van der Waals surface area contributed by atoms with E-state index in [-0.39, 0.29) is 23.5 Å². The molecule has 0 spiro atoms. The van der Waals surface area contributed by atoms with Gasteiger partial charge in [-0.2, -0.15) is 0 Å². The number of ether oxygens (including phenoxy) is 2. The highest BCUT2D eigenvalue weighted by atomic mass is 16.7. The van der Waals surface area contributed by atoms with Crippen molar-refractivity contribution in [2.24, 2.45) is 5.41 Å². The number of pyridine rings is 1. The molecular weight excluding hydrogens is 428 g/mol. The molecule has 2 N–H and O–H groups in total. The number of fused-ring (bicyclic) bond motifs is 4. The molecular formula is C27H30N4O3. The number of aryl methyl sites for hydroxylation is 1. The van der Waals surface area contributed by atoms with Gasteiger partial charge in [0.25, 0.3) is 0 Å². The van der Waals surface area contributed by atoms with Crippen LogP contribution >= 0.6 is 0 Å². The molecule has 0 atom stereocenters. The van der Waals surface area contributed by atoms with Crippen LogP contribution in [0.2, 0.25) is 0 Å². The standard InChI is InChI=1S/C27H30N4O3/c1-3-28-25(32)27-12-9-26(10-13-27,11-14-27)24-30-22(18-7-8-20-21(15-18)34-16-33-20)23(31-24)19-6-4-5-17(2)29-19/h4-8,15H,3,9-14,16H2,1-2H3,(H,28,32)(H,30,31). The Morgan fingerprint density at radius 3 is 2.53 bits per heavy atom. The number of benzene rings is 1. The molecule has 7 rings (SSSR count). The van der Waals surface area contributed by atoms with E-state index in [1.54, 1.807) is 0 Å². The molecule has 7 heteroatoms. The number of amides is 1. The summed E-state index contributed by atoms with van der Waals surface area (Å²) in [5, 5.41) is 3.07. The van der Waals surface area contributed by atoms with Gasteiger partial charge in [-0.1, -0.05) is 6.07 Å². The molecule has 3 fully saturated rings. The van der Waals surface area contributed by atoms with Gasteiger partial charge < -0.3 is 19.8 Å². The van der Waals surface area contributed by atoms with Crippen LogP contribution in [0.1, 0.15) is 57.0 Å². The van der Waals surface area contributed by atoms with Gasteiger partial charge in [-0.15, -0.1) is 0 Å². The summed E-state index contributed by atoms with van der Waals surface area (Å²) in [5.41, 5.74) is 4.40. The van der Waals surface area contributed by atoms with E-state index in [9.17, 15) is 4.79 Å². The van der Waals surface area contributed by atoms with E-state index in [0.29, 0.717) is 6.54 Å². The van der Waals surface area contributed by atoms with E-state index in [0.717, 1.165) is 84.2 Å². The summed E-state index contributed by atoms with van der Waals surface area (Å²) < 4.78 is 11.1. The molecule has 3 saturated carbocycles. The zero-order valence-corrected chi connectivity index (χ0v) is 19.7. The second-order valence-electron chi connectivity index (χ2n) is 9.96. The smallest absolute Gasteiger partial charge is 0.231 e. The second-order valence-corrected chi connectivity index (χ2v) is 9.96. The van der Waals surface area contributed by atoms with E-state index in [2.05, 4.69) is 10.3 Å². The van der Waals surface area contributed by atoms with Crippen molar-refractivity contribution in [2.75, 3.05) is 13.3 Å². The Morgan fingerprint density at radius 1 is 1.03 bits per heavy atom. The predicted molar refractivity (Wildman–Crippen MR) is 129 cm³/mol. The minimum Gasteiger partial charge on any atom is -0.454 e. The van der Waals surface area contributed by atoms with E-state index < -0.39 is 0 Å². The van der Waals surface area contributed by atoms with Crippen molar-refractivity contribution in [1.29, 1.82) is 0 Å². The van der Waals surface area contributed by atoms with Gasteiger partial charge in [0.05, 0.1) is 17.1 Å². The lowest BCUT2D eigenvalue weighted by Crippen LogP contribution is -2.52. The molecule has 3 heterocycles. The Bertz CT molecular complexity index is 1240. The fraction of sp³-hybridized carbons (Fsp3) is 0.444. The first-order chi connectivity index (χ1) is 16.5. The Hall–Kier alpha value is -3.35. The number of carbonyl (C=O) groups is 1. The van der Waals surface area contributed by atoms with Crippen molar-refractivity contribution in [3.63, 3.8) is 0 Å². The molecule has 1 aromatic carbocycles. The maximum atomic E-state index is 12.8. The van der Waals surface area contributed by atoms with Gasteiger partial charge in [0.1, 0.15) is 5.82 Å². The minimum absolute atomic E-state index is 0.0264. The summed E-state index contributed by atoms with van der Waals surface area (Å²) in [7, 11) is 0. The summed E-state index contributed by atoms with van der Waals surface area (Å²) in [4.78, 5) is 26.5. The molecule has 3 aromatic rings. The Kier molecular flexibility index (Phi) is 4.90. The van der Waals surface area contributed by atoms with E-state index in [1.165, 1.54) is 0 Å². The first kappa shape index (κ1) is 21.2. The van der Waals surface area contributed by atoms with Crippen LogP contribution in [0.4, 0.5) is 0 Å². The van der Waals surface area contributed by atoms with Crippen LogP contribution in [-0.4, -0.2) is 34.2 Å². The minimum atomic E-state index is -0.203. The van der Waals surface area contributed by atoms with Gasteiger partial charge >= 0.3 is 0 Å². The number of hydrogen-bond donors (Lipinski definition) is 2. The lowest BCUT2D eigenvalue weighted by atomic mass is 9.53. The predicted octanol–water partition coefficient (Wildman–Crippen LogP) is 4.90. The average Bonchev–Trinajstić information content (AvgIpc) is 3.53. The van der Waals surface area contributed by atoms with Crippen molar-refractivity contribution >= 4 is 5.91 Å². The summed E-state index contributed by atoms with van der Waals surface area (Å²) in [5.74, 6) is 2.75. The van der Waals surface area contributed by atoms with Crippen molar-refractivity contribution in [3.8, 4) is 34.1 Å². The molecule has 34 heavy (non-hydrogen) atoms. The first-order valence-corrected chi connectivity index (χ1v) is 12.2. The topological polar surface area (TPSA) is 89.1 Å². The lowest BCUT2D eigenvalue weighted by Gasteiger charge is -2.51. The number of nitrogens with one attached hydrogen (secondary N) is 2. The zero-order valence-electron chi connectivity index (χ0n) is 19.7. The number of hydrogen-bond acceptors (Lipinski definition) is 5. The number of carbonyl (C=O) groups excluding carboxylic acids is 1. The van der Waals surface area contributed by atoms with Crippen LogP contribution in [0, 0.1) is 12.3 Å². The summed E-state index contributed by atoms with van der Waals surface area (Å²) in [6.45, 7) is 4.93. The lowest BCUT2D eigenvalue weighted by molar-refractivity contribution is -0.137. The summed E-state index contributed by atoms with van der Waals surface area (Å²) >= 11 is 0. The van der Waals surface area contributed by atoms with Crippen molar-refractivity contribution in [1.82, 2.24) is 20.3 Å². The third kappa shape index (κ3) is 3.29. The highest BCUT2D eigenvalue weighted by molar-refractivity contribution is 5.83. The monoisotopic (exact) mass is 458 g/mol. The average molecular weight is 459 g/mol. The Labute approximate surface area is 199 Å². The van der Waals surface area contributed by atoms with Gasteiger partial charge in [-0.3, -0.25) is 9.78 Å². The second kappa shape index (κ2) is 7.86. The quantitative estimate of drug-likeness (QED) is 0.567. The van der Waals surface area contributed by atoms with Crippen LogP contribution < -0.4 is 14.8 Å². The molecule has 176 valence electrons. The number of H-pyrrole nitrogens is 1. The van der Waals surface area contributed by atoms with Crippen LogP contribution in [0.25, 0.3) is 22.6 Å². The maximum absolute atomic E-state index is 12.8. The molecule has 1 amide bonds. The van der Waals surface area contributed by atoms with Crippen molar-refractivity contribution < 1.29 is 14.3 Å². The fourth-order valence-electron chi connectivity index (χ4n) is 5.97. The third-order valence-corrected chi connectivity index (χ3v) is 8.06. The zero-order chi connectivity index (χ0) is 23.3. The van der Waals surface area contributed by atoms with Gasteiger partial charge in [0.2, 0.25) is 12.7 Å².